The van der Waals surface area contributed by atoms with Crippen molar-refractivity contribution in [3.8, 4) is 11.8 Å². The summed E-state index contributed by atoms with van der Waals surface area (Å²) in [5, 5.41) is 8.88. The maximum Gasteiger partial charge on any atom is 0.137 e. The molecule has 1 rings (SSSR count). The van der Waals surface area contributed by atoms with Gasteiger partial charge in [-0.15, -0.1) is 0 Å². The molecule has 1 aromatic heterocycles. The van der Waals surface area contributed by atoms with Crippen LogP contribution < -0.4 is 10.5 Å². The SMILES string of the molecule is CC(C)(C#N)CCCOc1ccc(CCN)nc1. The Morgan fingerprint density at radius 3 is 2.78 bits per heavy atom. The van der Waals surface area contributed by atoms with Crippen LogP contribution in [0.4, 0.5) is 0 Å². The molecule has 2 N–H and O–H groups in total. The fourth-order valence-electron chi connectivity index (χ4n) is 1.55. The molecule has 0 aliphatic rings. The van der Waals surface area contributed by atoms with Crippen LogP contribution in [0.3, 0.4) is 0 Å². The monoisotopic (exact) mass is 247 g/mol. The molecule has 4 heteroatoms. The molecule has 4 nitrogen and oxygen atoms in total. The van der Waals surface area contributed by atoms with Gasteiger partial charge in [0.05, 0.1) is 24.3 Å². The van der Waals surface area contributed by atoms with Gasteiger partial charge in [-0.25, -0.2) is 0 Å². The molecule has 0 unspecified atom stereocenters. The highest BCUT2D eigenvalue weighted by molar-refractivity contribution is 5.19. The molecule has 0 radical (unpaired) electrons. The smallest absolute Gasteiger partial charge is 0.137 e. The van der Waals surface area contributed by atoms with E-state index in [4.69, 9.17) is 15.7 Å². The summed E-state index contributed by atoms with van der Waals surface area (Å²) >= 11 is 0. The maximum absolute atomic E-state index is 8.88. The van der Waals surface area contributed by atoms with Crippen molar-refractivity contribution >= 4 is 0 Å². The Hall–Kier alpha value is -1.60. The van der Waals surface area contributed by atoms with Crippen LogP contribution in [-0.4, -0.2) is 18.1 Å². The summed E-state index contributed by atoms with van der Waals surface area (Å²) in [5.74, 6) is 0.769. The van der Waals surface area contributed by atoms with Gasteiger partial charge in [0.15, 0.2) is 0 Å². The van der Waals surface area contributed by atoms with Crippen LogP contribution in [0, 0.1) is 16.7 Å². The van der Waals surface area contributed by atoms with Gasteiger partial charge in [0.2, 0.25) is 0 Å². The minimum atomic E-state index is -0.271. The van der Waals surface area contributed by atoms with Crippen molar-refractivity contribution in [3.05, 3.63) is 24.0 Å². The normalized spacial score (nSPS) is 11.0. The minimum absolute atomic E-state index is 0.271. The van der Waals surface area contributed by atoms with E-state index in [-0.39, 0.29) is 5.41 Å². The molecule has 0 aliphatic carbocycles. The van der Waals surface area contributed by atoms with Crippen LogP contribution in [0.1, 0.15) is 32.4 Å². The maximum atomic E-state index is 8.88. The van der Waals surface area contributed by atoms with Crippen LogP contribution in [0.25, 0.3) is 0 Å². The zero-order chi connectivity index (χ0) is 13.4. The molecule has 0 bridgehead atoms. The van der Waals surface area contributed by atoms with Crippen molar-refractivity contribution in [3.63, 3.8) is 0 Å². The molecule has 0 atom stereocenters. The third-order valence-corrected chi connectivity index (χ3v) is 2.72. The molecule has 1 aromatic rings. The molecule has 0 aliphatic heterocycles. The lowest BCUT2D eigenvalue weighted by molar-refractivity contribution is 0.283. The van der Waals surface area contributed by atoms with Gasteiger partial charge in [-0.3, -0.25) is 4.98 Å². The first-order chi connectivity index (χ1) is 8.57. The van der Waals surface area contributed by atoms with Crippen LogP contribution in [0.15, 0.2) is 18.3 Å². The number of ether oxygens (including phenoxy) is 1. The van der Waals surface area contributed by atoms with E-state index >= 15 is 0 Å². The number of pyridine rings is 1. The predicted molar refractivity (Wildman–Crippen MR) is 71.1 cm³/mol. The van der Waals surface area contributed by atoms with Crippen molar-refractivity contribution in [1.82, 2.24) is 4.98 Å². The average molecular weight is 247 g/mol. The lowest BCUT2D eigenvalue weighted by atomic mass is 9.90. The third kappa shape index (κ3) is 5.15. The molecule has 0 saturated heterocycles. The molecule has 0 aromatic carbocycles. The number of nitriles is 1. The standard InChI is InChI=1S/C14H21N3O/c1-14(2,11-16)7-3-9-18-13-5-4-12(6-8-15)17-10-13/h4-5,10H,3,6-9,15H2,1-2H3. The van der Waals surface area contributed by atoms with Crippen molar-refractivity contribution in [2.75, 3.05) is 13.2 Å². The molecule has 0 amide bonds. The van der Waals surface area contributed by atoms with Gasteiger partial charge in [-0.05, 0) is 45.4 Å². The highest BCUT2D eigenvalue weighted by atomic mass is 16.5. The van der Waals surface area contributed by atoms with Gasteiger partial charge in [0.25, 0.3) is 0 Å². The lowest BCUT2D eigenvalue weighted by Crippen LogP contribution is -2.10. The summed E-state index contributed by atoms with van der Waals surface area (Å²) in [6.45, 7) is 5.10. The molecule has 1 heterocycles. The summed E-state index contributed by atoms with van der Waals surface area (Å²) in [6.07, 6.45) is 4.21. The number of nitrogens with two attached hydrogens (primary N) is 1. The fraction of sp³-hybridized carbons (Fsp3) is 0.571. The van der Waals surface area contributed by atoms with E-state index in [1.54, 1.807) is 6.20 Å². The highest BCUT2D eigenvalue weighted by Crippen LogP contribution is 2.20. The van der Waals surface area contributed by atoms with Crippen LogP contribution in [-0.2, 0) is 6.42 Å². The Balaban J connectivity index is 2.30. The third-order valence-electron chi connectivity index (χ3n) is 2.72. The zero-order valence-corrected chi connectivity index (χ0v) is 11.1. The fourth-order valence-corrected chi connectivity index (χ4v) is 1.55. The van der Waals surface area contributed by atoms with Gasteiger partial charge in [0.1, 0.15) is 5.75 Å². The van der Waals surface area contributed by atoms with Gasteiger partial charge >= 0.3 is 0 Å². The highest BCUT2D eigenvalue weighted by Gasteiger charge is 2.15. The molecule has 0 fully saturated rings. The Morgan fingerprint density at radius 2 is 2.22 bits per heavy atom. The van der Waals surface area contributed by atoms with Crippen molar-refractivity contribution in [2.24, 2.45) is 11.1 Å². The Bertz CT molecular complexity index is 392. The van der Waals surface area contributed by atoms with E-state index < -0.39 is 0 Å². The van der Waals surface area contributed by atoms with Crippen LogP contribution in [0.5, 0.6) is 5.75 Å². The van der Waals surface area contributed by atoms with Gasteiger partial charge in [-0.2, -0.15) is 5.26 Å². The number of rotatable bonds is 7. The first-order valence-corrected chi connectivity index (χ1v) is 6.26. The Kier molecular flexibility index (Phi) is 5.60. The average Bonchev–Trinajstić information content (AvgIpc) is 2.37. The first kappa shape index (κ1) is 14.5. The minimum Gasteiger partial charge on any atom is -0.492 e. The first-order valence-electron chi connectivity index (χ1n) is 6.26. The van der Waals surface area contributed by atoms with Crippen molar-refractivity contribution in [1.29, 1.82) is 5.26 Å². The molecule has 18 heavy (non-hydrogen) atoms. The molecule has 0 spiro atoms. The molecular formula is C14H21N3O. The number of aromatic nitrogens is 1. The topological polar surface area (TPSA) is 71.9 Å². The van der Waals surface area contributed by atoms with Crippen molar-refractivity contribution < 1.29 is 4.74 Å². The Morgan fingerprint density at radius 1 is 1.44 bits per heavy atom. The van der Waals surface area contributed by atoms with Gasteiger partial charge < -0.3 is 10.5 Å². The second kappa shape index (κ2) is 6.97. The number of nitrogens with zero attached hydrogens (tertiary/aromatic N) is 2. The van der Waals surface area contributed by atoms with Crippen LogP contribution in [0.2, 0.25) is 0 Å². The van der Waals surface area contributed by atoms with E-state index in [9.17, 15) is 0 Å². The van der Waals surface area contributed by atoms with E-state index in [1.165, 1.54) is 0 Å². The summed E-state index contributed by atoms with van der Waals surface area (Å²) in [4.78, 5) is 4.25. The Labute approximate surface area is 109 Å². The van der Waals surface area contributed by atoms with Crippen molar-refractivity contribution in [2.45, 2.75) is 33.1 Å². The molecular weight excluding hydrogens is 226 g/mol. The van der Waals surface area contributed by atoms with E-state index in [1.807, 2.05) is 26.0 Å². The van der Waals surface area contributed by atoms with E-state index in [2.05, 4.69) is 11.1 Å². The quantitative estimate of drug-likeness (QED) is 0.750. The van der Waals surface area contributed by atoms with E-state index in [0.29, 0.717) is 13.2 Å². The number of hydrogen-bond acceptors (Lipinski definition) is 4. The molecule has 0 saturated carbocycles. The lowest BCUT2D eigenvalue weighted by Gasteiger charge is -2.14. The van der Waals surface area contributed by atoms with Crippen LogP contribution >= 0.6 is 0 Å². The molecule has 98 valence electrons. The van der Waals surface area contributed by atoms with Gasteiger partial charge in [-0.1, -0.05) is 0 Å². The summed E-state index contributed by atoms with van der Waals surface area (Å²) < 4.78 is 5.58. The summed E-state index contributed by atoms with van der Waals surface area (Å²) in [5.41, 5.74) is 6.16. The van der Waals surface area contributed by atoms with E-state index in [0.717, 1.165) is 30.7 Å². The second-order valence-corrected chi connectivity index (χ2v) is 4.97. The number of hydrogen-bond donors (Lipinski definition) is 1. The predicted octanol–water partition coefficient (Wildman–Crippen LogP) is 2.29. The van der Waals surface area contributed by atoms with Gasteiger partial charge in [0, 0.05) is 12.1 Å². The summed E-state index contributed by atoms with van der Waals surface area (Å²) in [6, 6.07) is 6.12. The zero-order valence-electron chi connectivity index (χ0n) is 11.1. The largest absolute Gasteiger partial charge is 0.492 e. The summed E-state index contributed by atoms with van der Waals surface area (Å²) in [7, 11) is 0. The second-order valence-electron chi connectivity index (χ2n) is 4.97.